The number of aliphatic imine (C=N–C) groups is 1. The van der Waals surface area contributed by atoms with Gasteiger partial charge in [-0.3, -0.25) is 14.6 Å². The minimum absolute atomic E-state index is 0.0367. The largest absolute Gasteiger partial charge is 0.355 e. The van der Waals surface area contributed by atoms with Crippen molar-refractivity contribution in [2.75, 3.05) is 33.2 Å². The van der Waals surface area contributed by atoms with Crippen LogP contribution in [0.1, 0.15) is 51.9 Å². The van der Waals surface area contributed by atoms with Crippen molar-refractivity contribution in [1.82, 2.24) is 20.9 Å². The zero-order valence-corrected chi connectivity index (χ0v) is 15.6. The van der Waals surface area contributed by atoms with Crippen molar-refractivity contribution in [3.63, 3.8) is 0 Å². The molecule has 0 aromatic heterocycles. The van der Waals surface area contributed by atoms with Gasteiger partial charge in [0.15, 0.2) is 5.96 Å². The highest BCUT2D eigenvalue weighted by molar-refractivity contribution is 5.86. The van der Waals surface area contributed by atoms with Crippen molar-refractivity contribution in [1.29, 1.82) is 0 Å². The van der Waals surface area contributed by atoms with Crippen LogP contribution in [-0.2, 0) is 9.59 Å². The molecule has 25 heavy (non-hydrogen) atoms. The standard InChI is InChI=1S/C18H33N5O2/c1-3-10-20-16(24)12-21-18(19-2)22-15-9-11-23(13-15)17(25)14-7-5-4-6-8-14/h14-15H,3-13H2,1-2H3,(H,20,24)(H2,19,21,22). The van der Waals surface area contributed by atoms with Crippen LogP contribution < -0.4 is 16.0 Å². The first-order valence-corrected chi connectivity index (χ1v) is 9.66. The molecule has 2 rings (SSSR count). The number of nitrogens with one attached hydrogen (secondary N) is 3. The van der Waals surface area contributed by atoms with Crippen molar-refractivity contribution in [2.45, 2.75) is 57.9 Å². The molecule has 0 aromatic rings. The fourth-order valence-electron chi connectivity index (χ4n) is 3.56. The smallest absolute Gasteiger partial charge is 0.239 e. The van der Waals surface area contributed by atoms with Gasteiger partial charge < -0.3 is 20.9 Å². The molecule has 7 nitrogen and oxygen atoms in total. The molecule has 7 heteroatoms. The maximum absolute atomic E-state index is 12.6. The molecule has 2 fully saturated rings. The summed E-state index contributed by atoms with van der Waals surface area (Å²) in [4.78, 5) is 30.5. The van der Waals surface area contributed by atoms with Gasteiger partial charge in [0.1, 0.15) is 0 Å². The van der Waals surface area contributed by atoms with E-state index in [9.17, 15) is 9.59 Å². The molecule has 1 aliphatic carbocycles. The highest BCUT2D eigenvalue weighted by Gasteiger charge is 2.31. The molecule has 0 spiro atoms. The van der Waals surface area contributed by atoms with E-state index >= 15 is 0 Å². The summed E-state index contributed by atoms with van der Waals surface area (Å²) in [6.45, 7) is 4.44. The average molecular weight is 351 g/mol. The zero-order valence-electron chi connectivity index (χ0n) is 15.6. The van der Waals surface area contributed by atoms with Crippen LogP contribution in [0.5, 0.6) is 0 Å². The molecule has 1 aliphatic heterocycles. The Bertz CT molecular complexity index is 474. The molecule has 1 saturated heterocycles. The number of hydrogen-bond acceptors (Lipinski definition) is 3. The van der Waals surface area contributed by atoms with Crippen LogP contribution in [0.3, 0.4) is 0 Å². The summed E-state index contributed by atoms with van der Waals surface area (Å²) >= 11 is 0. The van der Waals surface area contributed by atoms with Gasteiger partial charge in [0.05, 0.1) is 6.54 Å². The lowest BCUT2D eigenvalue weighted by Crippen LogP contribution is -2.48. The topological polar surface area (TPSA) is 85.8 Å². The quantitative estimate of drug-likeness (QED) is 0.489. The average Bonchev–Trinajstić information content (AvgIpc) is 3.12. The predicted molar refractivity (Wildman–Crippen MR) is 99.4 cm³/mol. The normalized spacial score (nSPS) is 21.9. The van der Waals surface area contributed by atoms with Crippen molar-refractivity contribution in [2.24, 2.45) is 10.9 Å². The van der Waals surface area contributed by atoms with Gasteiger partial charge in [-0.15, -0.1) is 0 Å². The van der Waals surface area contributed by atoms with Crippen molar-refractivity contribution in [3.05, 3.63) is 0 Å². The lowest BCUT2D eigenvalue weighted by Gasteiger charge is -2.26. The summed E-state index contributed by atoms with van der Waals surface area (Å²) in [5.74, 6) is 1.13. The third kappa shape index (κ3) is 6.21. The molecule has 0 radical (unpaired) electrons. The maximum Gasteiger partial charge on any atom is 0.239 e. The number of nitrogens with zero attached hydrogens (tertiary/aromatic N) is 2. The van der Waals surface area contributed by atoms with Gasteiger partial charge in [-0.05, 0) is 25.7 Å². The second-order valence-corrected chi connectivity index (χ2v) is 7.02. The fourth-order valence-corrected chi connectivity index (χ4v) is 3.56. The van der Waals surface area contributed by atoms with Gasteiger partial charge in [0.25, 0.3) is 0 Å². The van der Waals surface area contributed by atoms with Crippen LogP contribution in [0.25, 0.3) is 0 Å². The molecule has 2 aliphatic rings. The Kier molecular flexibility index (Phi) is 8.01. The van der Waals surface area contributed by atoms with Gasteiger partial charge in [0, 0.05) is 38.6 Å². The lowest BCUT2D eigenvalue weighted by molar-refractivity contribution is -0.135. The van der Waals surface area contributed by atoms with Crippen molar-refractivity contribution >= 4 is 17.8 Å². The van der Waals surface area contributed by atoms with E-state index in [4.69, 9.17) is 0 Å². The predicted octanol–water partition coefficient (Wildman–Crippen LogP) is 0.859. The van der Waals surface area contributed by atoms with E-state index in [0.717, 1.165) is 38.8 Å². The molecular formula is C18H33N5O2. The van der Waals surface area contributed by atoms with E-state index in [1.807, 2.05) is 11.8 Å². The summed E-state index contributed by atoms with van der Waals surface area (Å²) in [7, 11) is 1.69. The van der Waals surface area contributed by atoms with E-state index in [1.54, 1.807) is 7.05 Å². The van der Waals surface area contributed by atoms with Gasteiger partial charge in [-0.1, -0.05) is 26.2 Å². The number of rotatable bonds is 6. The first-order valence-electron chi connectivity index (χ1n) is 9.66. The summed E-state index contributed by atoms with van der Waals surface area (Å²) in [5.41, 5.74) is 0. The summed E-state index contributed by atoms with van der Waals surface area (Å²) in [5, 5.41) is 9.19. The summed E-state index contributed by atoms with van der Waals surface area (Å²) in [6.07, 6.45) is 7.56. The van der Waals surface area contributed by atoms with Crippen LogP contribution in [0.15, 0.2) is 4.99 Å². The molecule has 0 bridgehead atoms. The molecule has 3 N–H and O–H groups in total. The number of likely N-dealkylation sites (tertiary alicyclic amines) is 1. The zero-order chi connectivity index (χ0) is 18.1. The van der Waals surface area contributed by atoms with E-state index in [2.05, 4.69) is 20.9 Å². The van der Waals surface area contributed by atoms with Crippen LogP contribution in [0.4, 0.5) is 0 Å². The Balaban J connectivity index is 1.73. The number of carbonyl (C=O) groups excluding carboxylic acids is 2. The van der Waals surface area contributed by atoms with Crippen molar-refractivity contribution < 1.29 is 9.59 Å². The summed E-state index contributed by atoms with van der Waals surface area (Å²) < 4.78 is 0. The third-order valence-corrected chi connectivity index (χ3v) is 5.01. The summed E-state index contributed by atoms with van der Waals surface area (Å²) in [6, 6.07) is 0.192. The number of amides is 2. The van der Waals surface area contributed by atoms with E-state index in [0.29, 0.717) is 18.4 Å². The second kappa shape index (κ2) is 10.3. The highest BCUT2D eigenvalue weighted by atomic mass is 16.2. The van der Waals surface area contributed by atoms with E-state index < -0.39 is 0 Å². The fraction of sp³-hybridized carbons (Fsp3) is 0.833. The maximum atomic E-state index is 12.6. The van der Waals surface area contributed by atoms with Crippen LogP contribution in [-0.4, -0.2) is 61.9 Å². The second-order valence-electron chi connectivity index (χ2n) is 7.02. The Morgan fingerprint density at radius 2 is 1.88 bits per heavy atom. The molecule has 0 aromatic carbocycles. The molecule has 1 heterocycles. The lowest BCUT2D eigenvalue weighted by atomic mass is 9.88. The Hall–Kier alpha value is -1.79. The minimum atomic E-state index is -0.0367. The first-order chi connectivity index (χ1) is 12.1. The van der Waals surface area contributed by atoms with Crippen LogP contribution >= 0.6 is 0 Å². The minimum Gasteiger partial charge on any atom is -0.355 e. The highest BCUT2D eigenvalue weighted by Crippen LogP contribution is 2.26. The van der Waals surface area contributed by atoms with Crippen LogP contribution in [0.2, 0.25) is 0 Å². The Morgan fingerprint density at radius 3 is 2.56 bits per heavy atom. The number of guanidine groups is 1. The Labute approximate surface area is 151 Å². The SMILES string of the molecule is CCCNC(=O)CNC(=NC)NC1CCN(C(=O)C2CCCCC2)C1. The molecule has 1 atom stereocenters. The monoisotopic (exact) mass is 351 g/mol. The van der Waals surface area contributed by atoms with E-state index in [-0.39, 0.29) is 24.4 Å². The molecule has 142 valence electrons. The van der Waals surface area contributed by atoms with Gasteiger partial charge in [-0.2, -0.15) is 0 Å². The molecule has 1 saturated carbocycles. The molecular weight excluding hydrogens is 318 g/mol. The molecule has 1 unspecified atom stereocenters. The molecule has 2 amide bonds. The number of hydrogen-bond donors (Lipinski definition) is 3. The Morgan fingerprint density at radius 1 is 1.12 bits per heavy atom. The first kappa shape index (κ1) is 19.5. The van der Waals surface area contributed by atoms with Gasteiger partial charge in [-0.25, -0.2) is 0 Å². The number of carbonyl (C=O) groups is 2. The van der Waals surface area contributed by atoms with Gasteiger partial charge in [0.2, 0.25) is 11.8 Å². The van der Waals surface area contributed by atoms with Gasteiger partial charge >= 0.3 is 0 Å². The third-order valence-electron chi connectivity index (χ3n) is 5.01. The van der Waals surface area contributed by atoms with Crippen molar-refractivity contribution in [3.8, 4) is 0 Å². The van der Waals surface area contributed by atoms with E-state index in [1.165, 1.54) is 19.3 Å². The van der Waals surface area contributed by atoms with Crippen LogP contribution in [0, 0.1) is 5.92 Å².